The van der Waals surface area contributed by atoms with Gasteiger partial charge >= 0.3 is 5.97 Å². The molecule has 4 heteroatoms. The van der Waals surface area contributed by atoms with Crippen LogP contribution in [0.5, 0.6) is 0 Å². The highest BCUT2D eigenvalue weighted by Gasteiger charge is 2.11. The number of carboxylic acid groups (broad SMARTS) is 1. The molecule has 0 spiro atoms. The summed E-state index contributed by atoms with van der Waals surface area (Å²) in [6, 6.07) is 7.76. The first-order valence-electron chi connectivity index (χ1n) is 6.04. The van der Waals surface area contributed by atoms with Gasteiger partial charge in [-0.15, -0.1) is 0 Å². The molecule has 18 heavy (non-hydrogen) atoms. The maximum atomic E-state index is 10.8. The molecule has 96 valence electrons. The molecule has 0 saturated heterocycles. The lowest BCUT2D eigenvalue weighted by Gasteiger charge is -2.06. The molecule has 1 heterocycles. The summed E-state index contributed by atoms with van der Waals surface area (Å²) >= 11 is 0. The summed E-state index contributed by atoms with van der Waals surface area (Å²) in [5, 5.41) is 19.2. The predicted octanol–water partition coefficient (Wildman–Crippen LogP) is 2.04. The Morgan fingerprint density at radius 2 is 2.11 bits per heavy atom. The number of benzene rings is 1. The summed E-state index contributed by atoms with van der Waals surface area (Å²) in [4.78, 5) is 10.8. The fourth-order valence-corrected chi connectivity index (χ4v) is 2.14. The minimum atomic E-state index is -0.826. The summed E-state index contributed by atoms with van der Waals surface area (Å²) in [6.45, 7) is 2.45. The maximum absolute atomic E-state index is 10.8. The third-order valence-corrected chi connectivity index (χ3v) is 3.00. The van der Waals surface area contributed by atoms with Crippen molar-refractivity contribution >= 4 is 16.9 Å². The molecule has 0 bridgehead atoms. The second-order valence-electron chi connectivity index (χ2n) is 4.57. The van der Waals surface area contributed by atoms with Crippen LogP contribution in [0.2, 0.25) is 0 Å². The van der Waals surface area contributed by atoms with Gasteiger partial charge in [0.15, 0.2) is 0 Å². The first kappa shape index (κ1) is 12.6. The van der Waals surface area contributed by atoms with Gasteiger partial charge in [0.2, 0.25) is 0 Å². The zero-order chi connectivity index (χ0) is 13.1. The van der Waals surface area contributed by atoms with Crippen molar-refractivity contribution in [1.29, 1.82) is 0 Å². The average molecular weight is 247 g/mol. The quantitative estimate of drug-likeness (QED) is 0.850. The lowest BCUT2D eigenvalue weighted by molar-refractivity contribution is -0.136. The van der Waals surface area contributed by atoms with E-state index in [4.69, 9.17) is 5.11 Å². The van der Waals surface area contributed by atoms with Gasteiger partial charge in [-0.05, 0) is 25.0 Å². The highest BCUT2D eigenvalue weighted by molar-refractivity contribution is 5.87. The van der Waals surface area contributed by atoms with E-state index in [0.29, 0.717) is 13.0 Å². The Morgan fingerprint density at radius 3 is 2.78 bits per heavy atom. The molecular weight excluding hydrogens is 230 g/mol. The molecule has 0 aliphatic heterocycles. The van der Waals surface area contributed by atoms with Crippen LogP contribution >= 0.6 is 0 Å². The van der Waals surface area contributed by atoms with Crippen LogP contribution in [0.4, 0.5) is 0 Å². The number of aryl methyl sites for hydroxylation is 1. The zero-order valence-electron chi connectivity index (χ0n) is 10.3. The van der Waals surface area contributed by atoms with Crippen LogP contribution in [0.25, 0.3) is 10.9 Å². The van der Waals surface area contributed by atoms with Crippen molar-refractivity contribution < 1.29 is 15.0 Å². The van der Waals surface area contributed by atoms with E-state index in [1.54, 1.807) is 6.92 Å². The molecule has 0 amide bonds. The number of carboxylic acids is 1. The number of aromatic nitrogens is 1. The first-order valence-corrected chi connectivity index (χ1v) is 6.04. The molecule has 4 nitrogen and oxygen atoms in total. The summed E-state index contributed by atoms with van der Waals surface area (Å²) in [6.07, 6.45) is 2.21. The number of carbonyl (C=O) groups is 1. The smallest absolute Gasteiger partial charge is 0.307 e. The number of aliphatic carboxylic acids is 1. The van der Waals surface area contributed by atoms with E-state index in [1.807, 2.05) is 35.0 Å². The van der Waals surface area contributed by atoms with Gasteiger partial charge in [-0.3, -0.25) is 4.79 Å². The monoisotopic (exact) mass is 247 g/mol. The lowest BCUT2D eigenvalue weighted by Crippen LogP contribution is -2.06. The highest BCUT2D eigenvalue weighted by Crippen LogP contribution is 2.22. The van der Waals surface area contributed by atoms with Gasteiger partial charge in [0.1, 0.15) is 0 Å². The normalized spacial score (nSPS) is 12.8. The van der Waals surface area contributed by atoms with Crippen LogP contribution in [-0.4, -0.2) is 26.9 Å². The molecule has 0 aliphatic rings. The average Bonchev–Trinajstić information content (AvgIpc) is 2.65. The Labute approximate surface area is 105 Å². The molecule has 2 N–H and O–H groups in total. The molecule has 1 atom stereocenters. The van der Waals surface area contributed by atoms with Crippen molar-refractivity contribution in [1.82, 2.24) is 4.57 Å². The van der Waals surface area contributed by atoms with Gasteiger partial charge in [-0.1, -0.05) is 18.2 Å². The molecule has 0 fully saturated rings. The minimum absolute atomic E-state index is 0.0300. The van der Waals surface area contributed by atoms with E-state index in [2.05, 4.69) is 0 Å². The van der Waals surface area contributed by atoms with Crippen molar-refractivity contribution in [2.75, 3.05) is 0 Å². The Bertz CT molecular complexity index is 557. The topological polar surface area (TPSA) is 62.5 Å². The van der Waals surface area contributed by atoms with Crippen molar-refractivity contribution in [3.63, 3.8) is 0 Å². The largest absolute Gasteiger partial charge is 0.481 e. The van der Waals surface area contributed by atoms with Crippen LogP contribution in [-0.2, 0) is 17.8 Å². The number of aliphatic hydroxyl groups excluding tert-OH is 1. The summed E-state index contributed by atoms with van der Waals surface area (Å²) in [5.41, 5.74) is 1.85. The summed E-state index contributed by atoms with van der Waals surface area (Å²) < 4.78 is 2.01. The van der Waals surface area contributed by atoms with Crippen molar-refractivity contribution in [2.24, 2.45) is 0 Å². The third kappa shape index (κ3) is 2.71. The lowest BCUT2D eigenvalue weighted by atomic mass is 10.1. The fraction of sp³-hybridized carbons (Fsp3) is 0.357. The molecule has 0 aliphatic carbocycles. The van der Waals surface area contributed by atoms with Crippen LogP contribution in [0.3, 0.4) is 0 Å². The number of hydrogen-bond donors (Lipinski definition) is 2. The number of aliphatic hydroxyl groups is 1. The second kappa shape index (κ2) is 5.23. The molecule has 0 radical (unpaired) electrons. The third-order valence-electron chi connectivity index (χ3n) is 3.00. The Morgan fingerprint density at radius 1 is 1.39 bits per heavy atom. The number of nitrogens with zero attached hydrogens (tertiary/aromatic N) is 1. The van der Waals surface area contributed by atoms with Gasteiger partial charge in [0, 0.05) is 23.6 Å². The molecule has 1 aromatic carbocycles. The first-order chi connectivity index (χ1) is 8.58. The Kier molecular flexibility index (Phi) is 3.67. The van der Waals surface area contributed by atoms with Gasteiger partial charge in [0.05, 0.1) is 12.5 Å². The zero-order valence-corrected chi connectivity index (χ0v) is 10.3. The summed E-state index contributed by atoms with van der Waals surface area (Å²) in [7, 11) is 0. The number of para-hydroxylation sites is 1. The Balaban J connectivity index is 2.37. The molecule has 1 unspecified atom stereocenters. The van der Waals surface area contributed by atoms with Gasteiger partial charge in [-0.25, -0.2) is 0 Å². The molecular formula is C14H17NO3. The van der Waals surface area contributed by atoms with Crippen LogP contribution < -0.4 is 0 Å². The van der Waals surface area contributed by atoms with Crippen molar-refractivity contribution in [3.05, 3.63) is 36.0 Å². The van der Waals surface area contributed by atoms with E-state index in [1.165, 1.54) is 0 Å². The second-order valence-corrected chi connectivity index (χ2v) is 4.57. The Hall–Kier alpha value is -1.81. The number of hydrogen-bond acceptors (Lipinski definition) is 2. The molecule has 0 saturated carbocycles. The van der Waals surface area contributed by atoms with Gasteiger partial charge in [0.25, 0.3) is 0 Å². The van der Waals surface area contributed by atoms with E-state index in [0.717, 1.165) is 16.5 Å². The maximum Gasteiger partial charge on any atom is 0.307 e. The SMILES string of the molecule is CC(O)CCn1cc(CC(=O)O)c2ccccc21. The van der Waals surface area contributed by atoms with E-state index < -0.39 is 5.97 Å². The number of fused-ring (bicyclic) bond motifs is 1. The molecule has 2 rings (SSSR count). The number of rotatable bonds is 5. The minimum Gasteiger partial charge on any atom is -0.481 e. The van der Waals surface area contributed by atoms with Gasteiger partial charge in [-0.2, -0.15) is 0 Å². The van der Waals surface area contributed by atoms with Crippen LogP contribution in [0, 0.1) is 0 Å². The standard InChI is InChI=1S/C14H17NO3/c1-10(16)6-7-15-9-11(8-14(17)18)12-4-2-3-5-13(12)15/h2-5,9-10,16H,6-8H2,1H3,(H,17,18). The van der Waals surface area contributed by atoms with Crippen molar-refractivity contribution in [3.8, 4) is 0 Å². The van der Waals surface area contributed by atoms with Gasteiger partial charge < -0.3 is 14.8 Å². The molecule has 1 aromatic heterocycles. The fourth-order valence-electron chi connectivity index (χ4n) is 2.14. The van der Waals surface area contributed by atoms with Crippen LogP contribution in [0.15, 0.2) is 30.5 Å². The highest BCUT2D eigenvalue weighted by atomic mass is 16.4. The van der Waals surface area contributed by atoms with Crippen LogP contribution in [0.1, 0.15) is 18.9 Å². The predicted molar refractivity (Wildman–Crippen MR) is 69.6 cm³/mol. The molecule has 2 aromatic rings. The van der Waals surface area contributed by atoms with E-state index >= 15 is 0 Å². The van der Waals surface area contributed by atoms with E-state index in [9.17, 15) is 9.90 Å². The van der Waals surface area contributed by atoms with E-state index in [-0.39, 0.29) is 12.5 Å². The summed E-state index contributed by atoms with van der Waals surface area (Å²) in [5.74, 6) is -0.826. The van der Waals surface area contributed by atoms with Crippen molar-refractivity contribution in [2.45, 2.75) is 32.4 Å².